The van der Waals surface area contributed by atoms with Crippen molar-refractivity contribution >= 4 is 27.9 Å². The molecular weight excluding hydrogens is 328 g/mol. The van der Waals surface area contributed by atoms with Gasteiger partial charge in [0.05, 0.1) is 19.9 Å². The van der Waals surface area contributed by atoms with Gasteiger partial charge in [-0.3, -0.25) is 4.79 Å². The molecule has 8 heteroatoms. The van der Waals surface area contributed by atoms with Crippen LogP contribution in [0.5, 0.6) is 0 Å². The molecule has 1 heterocycles. The van der Waals surface area contributed by atoms with E-state index in [0.29, 0.717) is 24.8 Å². The predicted octanol–water partition coefficient (Wildman–Crippen LogP) is 1.51. The molecule has 0 radical (unpaired) electrons. The Hall–Kier alpha value is -1.57. The molecule has 7 nitrogen and oxygen atoms in total. The smallest absolute Gasteiger partial charge is 0.407 e. The molecule has 0 saturated carbocycles. The summed E-state index contributed by atoms with van der Waals surface area (Å²) < 4.78 is 5.20. The number of methoxy groups -OCH3 is 1. The predicted molar refractivity (Wildman–Crippen MR) is 77.0 cm³/mol. The fraction of sp³-hybridized carbons (Fsp3) is 0.583. The van der Waals surface area contributed by atoms with Crippen molar-refractivity contribution in [3.05, 3.63) is 16.6 Å². The number of hydrogen-bond acceptors (Lipinski definition) is 4. The molecule has 0 saturated heterocycles. The number of nitrogens with one attached hydrogen (secondary N) is 2. The molecule has 1 aromatic heterocycles. The Kier molecular flexibility index (Phi) is 6.50. The second-order valence-electron chi connectivity index (χ2n) is 4.69. The van der Waals surface area contributed by atoms with Crippen LogP contribution in [0.1, 0.15) is 19.7 Å². The van der Waals surface area contributed by atoms with Crippen LogP contribution >= 0.6 is 15.9 Å². The van der Waals surface area contributed by atoms with Crippen LogP contribution in [0.15, 0.2) is 10.8 Å². The van der Waals surface area contributed by atoms with Crippen LogP contribution in [0.3, 0.4) is 0 Å². The van der Waals surface area contributed by atoms with Crippen LogP contribution in [-0.4, -0.2) is 47.1 Å². The highest BCUT2D eigenvalue weighted by molar-refractivity contribution is 9.10. The van der Waals surface area contributed by atoms with Gasteiger partial charge < -0.3 is 19.9 Å². The second kappa shape index (κ2) is 7.88. The van der Waals surface area contributed by atoms with Crippen molar-refractivity contribution in [3.63, 3.8) is 0 Å². The number of amides is 2. The highest BCUT2D eigenvalue weighted by atomic mass is 79.9. The first-order valence-corrected chi connectivity index (χ1v) is 7.00. The van der Waals surface area contributed by atoms with E-state index < -0.39 is 6.09 Å². The van der Waals surface area contributed by atoms with Crippen molar-refractivity contribution in [3.8, 4) is 0 Å². The standard InChI is InChI=1S/C12H19BrN4O3/c1-8(2)6-17(7-10-14-4-9(13)16-10)11(18)5-15-12(19)20-3/h4,8H,5-7H2,1-3H3,(H,14,16)(H,15,19). The number of alkyl carbamates (subject to hydrolysis) is 1. The summed E-state index contributed by atoms with van der Waals surface area (Å²) in [4.78, 5) is 31.9. The summed E-state index contributed by atoms with van der Waals surface area (Å²) in [5, 5.41) is 2.38. The molecule has 0 fully saturated rings. The number of carbonyl (C=O) groups excluding carboxylic acids is 2. The van der Waals surface area contributed by atoms with E-state index in [-0.39, 0.29) is 12.5 Å². The largest absolute Gasteiger partial charge is 0.453 e. The zero-order chi connectivity index (χ0) is 15.1. The van der Waals surface area contributed by atoms with Gasteiger partial charge in [-0.1, -0.05) is 13.8 Å². The van der Waals surface area contributed by atoms with Crippen molar-refractivity contribution in [2.75, 3.05) is 20.2 Å². The maximum absolute atomic E-state index is 12.1. The topological polar surface area (TPSA) is 87.3 Å². The molecule has 0 unspecified atom stereocenters. The van der Waals surface area contributed by atoms with Crippen molar-refractivity contribution < 1.29 is 14.3 Å². The lowest BCUT2D eigenvalue weighted by molar-refractivity contribution is -0.131. The minimum absolute atomic E-state index is 0.0960. The van der Waals surface area contributed by atoms with E-state index in [1.165, 1.54) is 7.11 Å². The van der Waals surface area contributed by atoms with Gasteiger partial charge in [-0.2, -0.15) is 0 Å². The van der Waals surface area contributed by atoms with Crippen LogP contribution < -0.4 is 5.32 Å². The van der Waals surface area contributed by atoms with Gasteiger partial charge in [-0.15, -0.1) is 0 Å². The first-order chi connectivity index (χ1) is 9.42. The number of rotatable bonds is 6. The van der Waals surface area contributed by atoms with Gasteiger partial charge in [-0.05, 0) is 21.8 Å². The second-order valence-corrected chi connectivity index (χ2v) is 5.55. The highest BCUT2D eigenvalue weighted by Crippen LogP contribution is 2.09. The van der Waals surface area contributed by atoms with E-state index >= 15 is 0 Å². The molecule has 0 spiro atoms. The molecule has 0 aliphatic heterocycles. The Morgan fingerprint density at radius 2 is 2.25 bits per heavy atom. The average Bonchev–Trinajstić information content (AvgIpc) is 2.79. The van der Waals surface area contributed by atoms with Crippen molar-refractivity contribution in [2.24, 2.45) is 5.92 Å². The van der Waals surface area contributed by atoms with Crippen LogP contribution in [0.25, 0.3) is 0 Å². The van der Waals surface area contributed by atoms with Crippen LogP contribution in [0.2, 0.25) is 0 Å². The van der Waals surface area contributed by atoms with Crippen LogP contribution in [-0.2, 0) is 16.1 Å². The van der Waals surface area contributed by atoms with E-state index in [9.17, 15) is 9.59 Å². The first kappa shape index (κ1) is 16.5. The Bertz CT molecular complexity index is 461. The SMILES string of the molecule is COC(=O)NCC(=O)N(Cc1ncc(Br)[nH]1)CC(C)C. The van der Waals surface area contributed by atoms with Gasteiger partial charge in [0, 0.05) is 6.54 Å². The molecule has 1 aromatic rings. The number of carbonyl (C=O) groups is 2. The number of halogens is 1. The monoisotopic (exact) mass is 346 g/mol. The maximum Gasteiger partial charge on any atom is 0.407 e. The van der Waals surface area contributed by atoms with Gasteiger partial charge in [0.1, 0.15) is 17.0 Å². The van der Waals surface area contributed by atoms with E-state index in [0.717, 1.165) is 4.60 Å². The van der Waals surface area contributed by atoms with Gasteiger partial charge in [0.15, 0.2) is 0 Å². The lowest BCUT2D eigenvalue weighted by atomic mass is 10.2. The molecule has 2 N–H and O–H groups in total. The molecule has 0 bridgehead atoms. The van der Waals surface area contributed by atoms with E-state index in [4.69, 9.17) is 0 Å². The summed E-state index contributed by atoms with van der Waals surface area (Å²) in [6, 6.07) is 0. The van der Waals surface area contributed by atoms with E-state index in [1.807, 2.05) is 13.8 Å². The van der Waals surface area contributed by atoms with Gasteiger partial charge in [-0.25, -0.2) is 9.78 Å². The Morgan fingerprint density at radius 1 is 1.55 bits per heavy atom. The quantitative estimate of drug-likeness (QED) is 0.817. The summed E-state index contributed by atoms with van der Waals surface area (Å²) in [7, 11) is 1.26. The minimum atomic E-state index is -0.622. The average molecular weight is 347 g/mol. The number of H-pyrrole nitrogens is 1. The fourth-order valence-corrected chi connectivity index (χ4v) is 1.96. The maximum atomic E-state index is 12.1. The van der Waals surface area contributed by atoms with Crippen molar-refractivity contribution in [1.82, 2.24) is 20.2 Å². The summed E-state index contributed by atoms with van der Waals surface area (Å²) in [5.74, 6) is 0.816. The molecule has 20 heavy (non-hydrogen) atoms. The number of imidazole rings is 1. The molecule has 112 valence electrons. The highest BCUT2D eigenvalue weighted by Gasteiger charge is 2.17. The van der Waals surface area contributed by atoms with Gasteiger partial charge >= 0.3 is 6.09 Å². The summed E-state index contributed by atoms with van der Waals surface area (Å²) in [6.45, 7) is 4.89. The van der Waals surface area contributed by atoms with Gasteiger partial charge in [0.2, 0.25) is 5.91 Å². The summed E-state index contributed by atoms with van der Waals surface area (Å²) >= 11 is 3.27. The molecule has 2 amide bonds. The molecule has 0 aliphatic rings. The third-order valence-electron chi connectivity index (χ3n) is 2.45. The lowest BCUT2D eigenvalue weighted by Crippen LogP contribution is -2.41. The van der Waals surface area contributed by atoms with Gasteiger partial charge in [0.25, 0.3) is 0 Å². The number of ether oxygens (including phenoxy) is 1. The van der Waals surface area contributed by atoms with E-state index in [1.54, 1.807) is 11.1 Å². The number of nitrogens with zero attached hydrogens (tertiary/aromatic N) is 2. The normalized spacial score (nSPS) is 10.4. The first-order valence-electron chi connectivity index (χ1n) is 6.21. The Morgan fingerprint density at radius 3 is 2.75 bits per heavy atom. The molecule has 1 rings (SSSR count). The number of aromatic amines is 1. The van der Waals surface area contributed by atoms with Crippen LogP contribution in [0, 0.1) is 5.92 Å². The van der Waals surface area contributed by atoms with Crippen LogP contribution in [0.4, 0.5) is 4.79 Å². The Labute approximate surface area is 126 Å². The zero-order valence-corrected chi connectivity index (χ0v) is 13.4. The molecule has 0 atom stereocenters. The third-order valence-corrected chi connectivity index (χ3v) is 2.85. The minimum Gasteiger partial charge on any atom is -0.453 e. The van der Waals surface area contributed by atoms with Crippen molar-refractivity contribution in [2.45, 2.75) is 20.4 Å². The summed E-state index contributed by atoms with van der Waals surface area (Å²) in [6.07, 6.45) is 1.02. The number of hydrogen-bond donors (Lipinski definition) is 2. The van der Waals surface area contributed by atoms with Crippen molar-refractivity contribution in [1.29, 1.82) is 0 Å². The molecular formula is C12H19BrN4O3. The lowest BCUT2D eigenvalue weighted by Gasteiger charge is -2.23. The zero-order valence-electron chi connectivity index (χ0n) is 11.8. The molecule has 0 aliphatic carbocycles. The third kappa shape index (κ3) is 5.60. The summed E-state index contributed by atoms with van der Waals surface area (Å²) in [5.41, 5.74) is 0. The van der Waals surface area contributed by atoms with E-state index in [2.05, 4.69) is 36.0 Å². The molecule has 0 aromatic carbocycles. The Balaban J connectivity index is 2.63. The fourth-order valence-electron chi connectivity index (χ4n) is 1.63. The number of aromatic nitrogens is 2.